The van der Waals surface area contributed by atoms with Crippen molar-refractivity contribution < 1.29 is 14.5 Å². The minimum absolute atomic E-state index is 0.200. The number of rotatable bonds is 4. The van der Waals surface area contributed by atoms with Gasteiger partial charge in [0.15, 0.2) is 6.04 Å². The monoisotopic (exact) mass is 393 g/mol. The Hall–Kier alpha value is -1.79. The molecule has 27 heavy (non-hydrogen) atoms. The molecule has 3 N–H and O–H groups in total. The number of hydrogen-bond acceptors (Lipinski definition) is 3. The van der Waals surface area contributed by atoms with Crippen molar-refractivity contribution >= 4 is 29.2 Å². The highest BCUT2D eigenvalue weighted by Gasteiger charge is 2.30. The third-order valence-corrected chi connectivity index (χ3v) is 6.00. The Balaban J connectivity index is 1.44. The van der Waals surface area contributed by atoms with Crippen LogP contribution in [-0.2, 0) is 4.79 Å². The molecule has 1 heterocycles. The van der Waals surface area contributed by atoms with Crippen LogP contribution < -0.4 is 20.4 Å². The summed E-state index contributed by atoms with van der Waals surface area (Å²) < 4.78 is 0. The average molecular weight is 394 g/mol. The van der Waals surface area contributed by atoms with E-state index >= 15 is 0 Å². The van der Waals surface area contributed by atoms with Gasteiger partial charge in [0.1, 0.15) is 0 Å². The first-order valence-corrected chi connectivity index (χ1v) is 10.4. The van der Waals surface area contributed by atoms with E-state index in [1.165, 1.54) is 11.3 Å². The summed E-state index contributed by atoms with van der Waals surface area (Å²) in [7, 11) is 0. The molecule has 0 bridgehead atoms. The predicted octanol–water partition coefficient (Wildman–Crippen LogP) is 1.59. The van der Waals surface area contributed by atoms with Crippen LogP contribution >= 0.6 is 11.6 Å². The Labute approximate surface area is 166 Å². The number of quaternary nitrogens is 1. The van der Waals surface area contributed by atoms with Crippen molar-refractivity contribution in [2.75, 3.05) is 31.1 Å². The fourth-order valence-corrected chi connectivity index (χ4v) is 4.22. The molecule has 1 saturated carbocycles. The second-order valence-corrected chi connectivity index (χ2v) is 8.08. The molecule has 3 rings (SSSR count). The van der Waals surface area contributed by atoms with Gasteiger partial charge in [0.25, 0.3) is 5.91 Å². The first-order chi connectivity index (χ1) is 13.0. The Morgan fingerprint density at radius 2 is 1.89 bits per heavy atom. The molecule has 1 saturated heterocycles. The lowest BCUT2D eigenvalue weighted by atomic mass is 9.96. The number of urea groups is 1. The lowest BCUT2D eigenvalue weighted by Crippen LogP contribution is -3.19. The molecule has 1 aromatic rings. The summed E-state index contributed by atoms with van der Waals surface area (Å²) in [6.07, 6.45) is 5.55. The number of piperazine rings is 1. The van der Waals surface area contributed by atoms with E-state index < -0.39 is 0 Å². The Morgan fingerprint density at radius 3 is 2.56 bits per heavy atom. The van der Waals surface area contributed by atoms with Gasteiger partial charge in [-0.25, -0.2) is 4.79 Å². The SMILES string of the molecule is C[C@H](C(=O)NC(=O)NC1CCCCC1)[NH+]1CCN(c2cccc(Cl)c2)CC1. The van der Waals surface area contributed by atoms with Gasteiger partial charge in [0, 0.05) is 16.8 Å². The molecule has 0 spiro atoms. The van der Waals surface area contributed by atoms with Gasteiger partial charge < -0.3 is 15.1 Å². The summed E-state index contributed by atoms with van der Waals surface area (Å²) >= 11 is 6.08. The van der Waals surface area contributed by atoms with E-state index in [4.69, 9.17) is 11.6 Å². The predicted molar refractivity (Wildman–Crippen MR) is 107 cm³/mol. The molecule has 0 unspecified atom stereocenters. The Bertz CT molecular complexity index is 655. The molecular weight excluding hydrogens is 364 g/mol. The maximum Gasteiger partial charge on any atom is 0.321 e. The van der Waals surface area contributed by atoms with Crippen LogP contribution in [0.15, 0.2) is 24.3 Å². The van der Waals surface area contributed by atoms with Crippen LogP contribution in [0.2, 0.25) is 5.02 Å². The summed E-state index contributed by atoms with van der Waals surface area (Å²) in [5.74, 6) is -0.200. The zero-order valence-corrected chi connectivity index (χ0v) is 16.7. The topological polar surface area (TPSA) is 65.9 Å². The highest BCUT2D eigenvalue weighted by Crippen LogP contribution is 2.19. The van der Waals surface area contributed by atoms with Crippen LogP contribution in [0.4, 0.5) is 10.5 Å². The smallest absolute Gasteiger partial charge is 0.321 e. The normalized spacial score (nSPS) is 20.1. The molecule has 7 heteroatoms. The molecule has 2 fully saturated rings. The molecule has 1 atom stereocenters. The van der Waals surface area contributed by atoms with Crippen LogP contribution in [0.1, 0.15) is 39.0 Å². The molecule has 148 valence electrons. The first-order valence-electron chi connectivity index (χ1n) is 9.99. The van der Waals surface area contributed by atoms with Crippen molar-refractivity contribution in [3.8, 4) is 0 Å². The summed E-state index contributed by atoms with van der Waals surface area (Å²) in [5.41, 5.74) is 1.12. The van der Waals surface area contributed by atoms with Crippen LogP contribution in [0.3, 0.4) is 0 Å². The minimum Gasteiger partial charge on any atom is -0.360 e. The molecule has 1 aliphatic carbocycles. The van der Waals surface area contributed by atoms with E-state index in [0.717, 1.165) is 62.6 Å². The summed E-state index contributed by atoms with van der Waals surface area (Å²) in [5, 5.41) is 6.21. The van der Waals surface area contributed by atoms with E-state index in [2.05, 4.69) is 21.6 Å². The maximum absolute atomic E-state index is 12.5. The second kappa shape index (κ2) is 9.42. The van der Waals surface area contributed by atoms with E-state index in [9.17, 15) is 9.59 Å². The number of amides is 3. The number of nitrogens with one attached hydrogen (secondary N) is 3. The minimum atomic E-state index is -0.351. The highest BCUT2D eigenvalue weighted by atomic mass is 35.5. The standard InChI is InChI=1S/C20H29ClN4O2/c1-15(19(26)23-20(27)22-17-7-3-2-4-8-17)24-10-12-25(13-11-24)18-9-5-6-16(21)14-18/h5-6,9,14-15,17H,2-4,7-8,10-13H2,1H3,(H2,22,23,26,27)/p+1/t15-/m1/s1. The lowest BCUT2D eigenvalue weighted by Gasteiger charge is -2.36. The number of halogens is 1. The Kier molecular flexibility index (Phi) is 6.96. The van der Waals surface area contributed by atoms with E-state index in [1.807, 2.05) is 25.1 Å². The van der Waals surface area contributed by atoms with Gasteiger partial charge in [-0.3, -0.25) is 10.1 Å². The largest absolute Gasteiger partial charge is 0.360 e. The first kappa shape index (κ1) is 20.0. The number of benzene rings is 1. The molecule has 1 aliphatic heterocycles. The Morgan fingerprint density at radius 1 is 1.19 bits per heavy atom. The summed E-state index contributed by atoms with van der Waals surface area (Å²) in [6.45, 7) is 5.33. The molecule has 6 nitrogen and oxygen atoms in total. The van der Waals surface area contributed by atoms with Crippen molar-refractivity contribution in [1.82, 2.24) is 10.6 Å². The van der Waals surface area contributed by atoms with Crippen molar-refractivity contribution in [2.24, 2.45) is 0 Å². The molecule has 0 aromatic heterocycles. The van der Waals surface area contributed by atoms with Gasteiger partial charge in [0.05, 0.1) is 26.2 Å². The zero-order chi connectivity index (χ0) is 19.2. The highest BCUT2D eigenvalue weighted by molar-refractivity contribution is 6.30. The van der Waals surface area contributed by atoms with Crippen molar-refractivity contribution in [3.63, 3.8) is 0 Å². The van der Waals surface area contributed by atoms with Gasteiger partial charge in [-0.1, -0.05) is 36.9 Å². The van der Waals surface area contributed by atoms with Gasteiger partial charge in [0.2, 0.25) is 0 Å². The van der Waals surface area contributed by atoms with Crippen LogP contribution in [0.5, 0.6) is 0 Å². The van der Waals surface area contributed by atoms with Crippen LogP contribution in [0, 0.1) is 0 Å². The molecule has 3 amide bonds. The van der Waals surface area contributed by atoms with Gasteiger partial charge in [-0.05, 0) is 38.0 Å². The lowest BCUT2D eigenvalue weighted by molar-refractivity contribution is -0.914. The average Bonchev–Trinajstić information content (AvgIpc) is 2.68. The van der Waals surface area contributed by atoms with E-state index in [1.54, 1.807) is 0 Å². The molecular formula is C20H30ClN4O2+. The number of hydrogen-bond donors (Lipinski definition) is 3. The van der Waals surface area contributed by atoms with Crippen LogP contribution in [-0.4, -0.2) is 50.2 Å². The number of nitrogens with zero attached hydrogens (tertiary/aromatic N) is 1. The molecule has 2 aliphatic rings. The van der Waals surface area contributed by atoms with E-state index in [0.29, 0.717) is 0 Å². The quantitative estimate of drug-likeness (QED) is 0.727. The van der Waals surface area contributed by atoms with Crippen molar-refractivity contribution in [3.05, 3.63) is 29.3 Å². The number of carbonyl (C=O) groups excluding carboxylic acids is 2. The van der Waals surface area contributed by atoms with E-state index in [-0.39, 0.29) is 24.0 Å². The maximum atomic E-state index is 12.5. The third-order valence-electron chi connectivity index (χ3n) is 5.76. The third kappa shape index (κ3) is 5.59. The summed E-state index contributed by atoms with van der Waals surface area (Å²) in [6, 6.07) is 7.46. The fourth-order valence-electron chi connectivity index (χ4n) is 4.03. The van der Waals surface area contributed by atoms with Crippen LogP contribution in [0.25, 0.3) is 0 Å². The molecule has 1 aromatic carbocycles. The fraction of sp³-hybridized carbons (Fsp3) is 0.600. The number of anilines is 1. The molecule has 0 radical (unpaired) electrons. The van der Waals surface area contributed by atoms with Gasteiger partial charge in [-0.15, -0.1) is 0 Å². The second-order valence-electron chi connectivity index (χ2n) is 7.64. The van der Waals surface area contributed by atoms with Crippen molar-refractivity contribution in [2.45, 2.75) is 51.1 Å². The van der Waals surface area contributed by atoms with Gasteiger partial charge >= 0.3 is 6.03 Å². The number of imide groups is 1. The summed E-state index contributed by atoms with van der Waals surface area (Å²) in [4.78, 5) is 28.1. The van der Waals surface area contributed by atoms with Gasteiger partial charge in [-0.2, -0.15) is 0 Å². The van der Waals surface area contributed by atoms with Crippen molar-refractivity contribution in [1.29, 1.82) is 0 Å². The zero-order valence-electron chi connectivity index (χ0n) is 16.0. The number of carbonyl (C=O) groups is 2.